The Labute approximate surface area is 213 Å². The minimum atomic E-state index is -4.60. The molecule has 192 valence electrons. The Kier molecular flexibility index (Phi) is 6.15. The minimum absolute atomic E-state index is 0.0623. The molecule has 0 spiro atoms. The van der Waals surface area contributed by atoms with Crippen LogP contribution in [0.3, 0.4) is 0 Å². The molecule has 0 aliphatic heterocycles. The van der Waals surface area contributed by atoms with Crippen molar-refractivity contribution in [3.8, 4) is 28.3 Å². The zero-order chi connectivity index (χ0) is 27.0. The van der Waals surface area contributed by atoms with E-state index >= 15 is 0 Å². The summed E-state index contributed by atoms with van der Waals surface area (Å²) in [6.07, 6.45) is -4.60. The van der Waals surface area contributed by atoms with Crippen molar-refractivity contribution in [3.63, 3.8) is 0 Å². The number of amides is 1. The van der Waals surface area contributed by atoms with Crippen LogP contribution in [0.5, 0.6) is 11.5 Å². The highest BCUT2D eigenvalue weighted by Gasteiger charge is 2.31. The zero-order valence-corrected chi connectivity index (χ0v) is 19.6. The van der Waals surface area contributed by atoms with Crippen LogP contribution >= 0.6 is 0 Å². The monoisotopic (exact) mass is 519 g/mol. The number of fused-ring (bicyclic) bond motifs is 1. The SMILES string of the molecule is O=C(NCc1ccccc1)c1cccc(-c2cc(-n3c(=O)[nH]c4cc(C(F)(F)F)ccc43)c(O)cc2O)c1. The molecular weight excluding hydrogens is 499 g/mol. The summed E-state index contributed by atoms with van der Waals surface area (Å²) in [7, 11) is 0. The number of aromatic hydroxyl groups is 2. The molecule has 5 aromatic rings. The third kappa shape index (κ3) is 4.71. The molecule has 0 unspecified atom stereocenters. The number of aromatic amines is 1. The van der Waals surface area contributed by atoms with E-state index < -0.39 is 23.2 Å². The van der Waals surface area contributed by atoms with Crippen molar-refractivity contribution in [3.05, 3.63) is 112 Å². The number of nitrogens with zero attached hydrogens (tertiary/aromatic N) is 1. The molecule has 7 nitrogen and oxygen atoms in total. The van der Waals surface area contributed by atoms with E-state index in [0.29, 0.717) is 17.7 Å². The van der Waals surface area contributed by atoms with Crippen LogP contribution in [0.15, 0.2) is 89.7 Å². The second-order valence-electron chi connectivity index (χ2n) is 8.60. The van der Waals surface area contributed by atoms with Gasteiger partial charge >= 0.3 is 11.9 Å². The Balaban J connectivity index is 1.52. The summed E-state index contributed by atoms with van der Waals surface area (Å²) in [5, 5.41) is 23.9. The molecule has 4 aromatic carbocycles. The summed E-state index contributed by atoms with van der Waals surface area (Å²) >= 11 is 0. The summed E-state index contributed by atoms with van der Waals surface area (Å²) in [6.45, 7) is 0.318. The first-order valence-electron chi connectivity index (χ1n) is 11.4. The lowest BCUT2D eigenvalue weighted by Crippen LogP contribution is -2.22. The molecule has 0 saturated carbocycles. The number of phenols is 2. The van der Waals surface area contributed by atoms with E-state index in [-0.39, 0.29) is 33.9 Å². The number of carbonyl (C=O) groups is 1. The molecule has 38 heavy (non-hydrogen) atoms. The Hall–Kier alpha value is -4.99. The maximum atomic E-state index is 13.1. The van der Waals surface area contributed by atoms with Crippen LogP contribution in [0.25, 0.3) is 27.8 Å². The van der Waals surface area contributed by atoms with Crippen molar-refractivity contribution >= 4 is 16.9 Å². The third-order valence-electron chi connectivity index (χ3n) is 6.07. The van der Waals surface area contributed by atoms with E-state index in [1.54, 1.807) is 24.3 Å². The fourth-order valence-electron chi connectivity index (χ4n) is 4.21. The van der Waals surface area contributed by atoms with Gasteiger partial charge in [-0.15, -0.1) is 0 Å². The van der Waals surface area contributed by atoms with Crippen molar-refractivity contribution in [1.82, 2.24) is 14.9 Å². The largest absolute Gasteiger partial charge is 0.507 e. The quantitative estimate of drug-likeness (QED) is 0.251. The number of H-pyrrole nitrogens is 1. The number of imidazole rings is 1. The number of benzene rings is 4. The number of aromatic nitrogens is 2. The summed E-state index contributed by atoms with van der Waals surface area (Å²) in [4.78, 5) is 27.8. The molecule has 0 saturated heterocycles. The Bertz CT molecular complexity index is 1720. The number of hydrogen-bond acceptors (Lipinski definition) is 4. The average Bonchev–Trinajstić information content (AvgIpc) is 3.22. The van der Waals surface area contributed by atoms with Crippen LogP contribution in [0.1, 0.15) is 21.5 Å². The van der Waals surface area contributed by atoms with Gasteiger partial charge in [0.1, 0.15) is 11.5 Å². The predicted molar refractivity (Wildman–Crippen MR) is 135 cm³/mol. The Morgan fingerprint density at radius 2 is 1.66 bits per heavy atom. The smallest absolute Gasteiger partial charge is 0.416 e. The second kappa shape index (κ2) is 9.47. The van der Waals surface area contributed by atoms with Gasteiger partial charge in [0.05, 0.1) is 22.3 Å². The van der Waals surface area contributed by atoms with E-state index in [0.717, 1.165) is 34.4 Å². The Morgan fingerprint density at radius 1 is 0.895 bits per heavy atom. The van der Waals surface area contributed by atoms with Gasteiger partial charge in [-0.1, -0.05) is 42.5 Å². The molecule has 1 aromatic heterocycles. The first-order valence-corrected chi connectivity index (χ1v) is 11.4. The highest BCUT2D eigenvalue weighted by atomic mass is 19.4. The molecular formula is C28H20F3N3O4. The number of hydrogen-bond donors (Lipinski definition) is 4. The van der Waals surface area contributed by atoms with Gasteiger partial charge in [-0.2, -0.15) is 13.2 Å². The van der Waals surface area contributed by atoms with Gasteiger partial charge in [0, 0.05) is 23.7 Å². The summed E-state index contributed by atoms with van der Waals surface area (Å²) in [6, 6.07) is 20.9. The lowest BCUT2D eigenvalue weighted by atomic mass is 10.0. The molecule has 0 bridgehead atoms. The lowest BCUT2D eigenvalue weighted by Gasteiger charge is -2.13. The van der Waals surface area contributed by atoms with E-state index in [4.69, 9.17) is 0 Å². The minimum Gasteiger partial charge on any atom is -0.507 e. The molecule has 5 rings (SSSR count). The van der Waals surface area contributed by atoms with Crippen molar-refractivity contribution in [2.75, 3.05) is 0 Å². The van der Waals surface area contributed by atoms with Gasteiger partial charge in [-0.3, -0.25) is 9.36 Å². The van der Waals surface area contributed by atoms with Crippen LogP contribution in [0.2, 0.25) is 0 Å². The van der Waals surface area contributed by atoms with Gasteiger partial charge < -0.3 is 20.5 Å². The molecule has 0 atom stereocenters. The van der Waals surface area contributed by atoms with E-state index in [2.05, 4.69) is 10.3 Å². The topological polar surface area (TPSA) is 107 Å². The van der Waals surface area contributed by atoms with Gasteiger partial charge in [0.25, 0.3) is 5.91 Å². The highest BCUT2D eigenvalue weighted by molar-refractivity contribution is 5.95. The number of alkyl halides is 3. The molecule has 0 aliphatic carbocycles. The van der Waals surface area contributed by atoms with E-state index in [1.165, 1.54) is 6.07 Å². The molecule has 1 amide bonds. The number of halogens is 3. The first kappa shape index (κ1) is 24.7. The van der Waals surface area contributed by atoms with Gasteiger partial charge in [-0.05, 0) is 47.5 Å². The van der Waals surface area contributed by atoms with Gasteiger partial charge in [0.2, 0.25) is 0 Å². The standard InChI is InChI=1S/C28H20F3N3O4/c29-28(30,31)19-9-10-22-21(12-19)33-27(38)34(22)23-13-20(24(35)14-25(23)36)17-7-4-8-18(11-17)26(37)32-15-16-5-2-1-3-6-16/h1-14,35-36H,15H2,(H,32,37)(H,33,38). The van der Waals surface area contributed by atoms with Crippen LogP contribution < -0.4 is 11.0 Å². The second-order valence-corrected chi connectivity index (χ2v) is 8.60. The van der Waals surface area contributed by atoms with Gasteiger partial charge in [-0.25, -0.2) is 4.79 Å². The van der Waals surface area contributed by atoms with Crippen molar-refractivity contribution in [2.24, 2.45) is 0 Å². The van der Waals surface area contributed by atoms with Crippen LogP contribution in [0.4, 0.5) is 13.2 Å². The maximum Gasteiger partial charge on any atom is 0.416 e. The first-order chi connectivity index (χ1) is 18.1. The zero-order valence-electron chi connectivity index (χ0n) is 19.6. The molecule has 10 heteroatoms. The van der Waals surface area contributed by atoms with Crippen molar-refractivity contribution in [2.45, 2.75) is 12.7 Å². The van der Waals surface area contributed by atoms with Crippen LogP contribution in [0, 0.1) is 0 Å². The van der Waals surface area contributed by atoms with Gasteiger partial charge in [0.15, 0.2) is 0 Å². The fraction of sp³-hybridized carbons (Fsp3) is 0.0714. The number of rotatable bonds is 5. The van der Waals surface area contributed by atoms with Crippen LogP contribution in [-0.2, 0) is 12.7 Å². The van der Waals surface area contributed by atoms with Crippen LogP contribution in [-0.4, -0.2) is 25.7 Å². The van der Waals surface area contributed by atoms with Crippen molar-refractivity contribution in [1.29, 1.82) is 0 Å². The lowest BCUT2D eigenvalue weighted by molar-refractivity contribution is -0.137. The Morgan fingerprint density at radius 3 is 2.39 bits per heavy atom. The third-order valence-corrected chi connectivity index (χ3v) is 6.07. The van der Waals surface area contributed by atoms with E-state index in [9.17, 15) is 33.0 Å². The number of carbonyl (C=O) groups excluding carboxylic acids is 1. The van der Waals surface area contributed by atoms with Crippen molar-refractivity contribution < 1.29 is 28.2 Å². The highest BCUT2D eigenvalue weighted by Crippen LogP contribution is 2.38. The summed E-state index contributed by atoms with van der Waals surface area (Å²) in [5.74, 6) is -1.13. The average molecular weight is 519 g/mol. The molecule has 0 fully saturated rings. The predicted octanol–water partition coefficient (Wildman–Crippen LogP) is 5.35. The molecule has 0 radical (unpaired) electrons. The normalized spacial score (nSPS) is 11.6. The number of phenolic OH excluding ortho intramolecular Hbond substituents is 2. The summed E-state index contributed by atoms with van der Waals surface area (Å²) in [5.41, 5.74) is 0.108. The fourth-order valence-corrected chi connectivity index (χ4v) is 4.21. The molecule has 4 N–H and O–H groups in total. The summed E-state index contributed by atoms with van der Waals surface area (Å²) < 4.78 is 40.4. The molecule has 1 heterocycles. The van der Waals surface area contributed by atoms with E-state index in [1.807, 2.05) is 30.3 Å². The molecule has 0 aliphatic rings. The number of nitrogens with one attached hydrogen (secondary N) is 2. The maximum absolute atomic E-state index is 13.1.